The van der Waals surface area contributed by atoms with E-state index in [2.05, 4.69) is 0 Å². The van der Waals surface area contributed by atoms with Crippen molar-refractivity contribution >= 4 is 5.78 Å². The summed E-state index contributed by atoms with van der Waals surface area (Å²) in [6, 6.07) is 17.0. The molecular formula is C28H25F3O3. The van der Waals surface area contributed by atoms with E-state index < -0.39 is 17.2 Å². The van der Waals surface area contributed by atoms with Crippen LogP contribution in [0, 0.1) is 0 Å². The second-order valence-electron chi connectivity index (χ2n) is 9.41. The molecule has 176 valence electrons. The topological polar surface area (TPSA) is 35.5 Å². The number of hydrogen-bond acceptors (Lipinski definition) is 3. The van der Waals surface area contributed by atoms with Crippen LogP contribution >= 0.6 is 0 Å². The molecule has 0 N–H and O–H groups in total. The highest BCUT2D eigenvalue weighted by Gasteiger charge is 2.51. The number of alkyl halides is 3. The molecule has 1 fully saturated rings. The smallest absolute Gasteiger partial charge is 0.416 e. The van der Waals surface area contributed by atoms with Gasteiger partial charge < -0.3 is 9.47 Å². The molecule has 6 heteroatoms. The first-order valence-corrected chi connectivity index (χ1v) is 11.4. The van der Waals surface area contributed by atoms with Crippen LogP contribution in [-0.4, -0.2) is 12.6 Å². The number of fused-ring (bicyclic) bond motifs is 1. The van der Waals surface area contributed by atoms with Crippen LogP contribution in [-0.2, 0) is 22.8 Å². The Morgan fingerprint density at radius 2 is 1.71 bits per heavy atom. The average Bonchev–Trinajstić information content (AvgIpc) is 3.49. The van der Waals surface area contributed by atoms with E-state index in [0.29, 0.717) is 35.5 Å². The van der Waals surface area contributed by atoms with E-state index in [-0.39, 0.29) is 24.9 Å². The second kappa shape index (κ2) is 8.19. The highest BCUT2D eigenvalue weighted by molar-refractivity contribution is 5.95. The first kappa shape index (κ1) is 22.5. The van der Waals surface area contributed by atoms with Gasteiger partial charge in [0.2, 0.25) is 6.79 Å². The predicted molar refractivity (Wildman–Crippen MR) is 123 cm³/mol. The van der Waals surface area contributed by atoms with Crippen molar-refractivity contribution in [3.63, 3.8) is 0 Å². The second-order valence-corrected chi connectivity index (χ2v) is 9.41. The van der Waals surface area contributed by atoms with Crippen LogP contribution in [0.3, 0.4) is 0 Å². The molecule has 3 nitrogen and oxygen atoms in total. The summed E-state index contributed by atoms with van der Waals surface area (Å²) in [6.45, 7) is 4.17. The van der Waals surface area contributed by atoms with Gasteiger partial charge in [-0.25, -0.2) is 0 Å². The summed E-state index contributed by atoms with van der Waals surface area (Å²) in [5, 5.41) is 0. The molecule has 0 atom stereocenters. The molecule has 3 aromatic carbocycles. The lowest BCUT2D eigenvalue weighted by Crippen LogP contribution is -2.22. The Bertz CT molecular complexity index is 1260. The summed E-state index contributed by atoms with van der Waals surface area (Å²) in [6.07, 6.45) is -3.22. The quantitative estimate of drug-likeness (QED) is 0.390. The Balaban J connectivity index is 1.50. The Morgan fingerprint density at radius 1 is 0.971 bits per heavy atom. The van der Waals surface area contributed by atoms with Crippen molar-refractivity contribution in [2.75, 3.05) is 6.79 Å². The van der Waals surface area contributed by atoms with E-state index in [1.54, 1.807) is 12.1 Å². The van der Waals surface area contributed by atoms with Crippen molar-refractivity contribution in [2.45, 2.75) is 50.6 Å². The lowest BCUT2D eigenvalue weighted by molar-refractivity contribution is -0.137. The maximum Gasteiger partial charge on any atom is 0.416 e. The molecule has 0 spiro atoms. The average molecular weight is 466 g/mol. The third-order valence-corrected chi connectivity index (χ3v) is 6.79. The van der Waals surface area contributed by atoms with Gasteiger partial charge in [-0.2, -0.15) is 13.2 Å². The fourth-order valence-corrected chi connectivity index (χ4v) is 4.78. The van der Waals surface area contributed by atoms with Crippen LogP contribution in [0.4, 0.5) is 13.2 Å². The SMILES string of the molecule is CC(C)c1ccccc1-c1cc(CC(=O)C2(c3ccc4c(c3)OCO4)CC2)cc(C(F)(F)F)c1. The molecule has 0 aromatic heterocycles. The van der Waals surface area contributed by atoms with Crippen LogP contribution in [0.5, 0.6) is 11.5 Å². The van der Waals surface area contributed by atoms with Gasteiger partial charge in [0.25, 0.3) is 0 Å². The minimum absolute atomic E-state index is 0.0603. The van der Waals surface area contributed by atoms with Crippen LogP contribution in [0.15, 0.2) is 60.7 Å². The Hall–Kier alpha value is -3.28. The van der Waals surface area contributed by atoms with E-state index >= 15 is 0 Å². The molecule has 0 saturated heterocycles. The van der Waals surface area contributed by atoms with Crippen molar-refractivity contribution in [3.8, 4) is 22.6 Å². The normalized spacial score (nSPS) is 16.1. The zero-order valence-electron chi connectivity index (χ0n) is 19.0. The standard InChI is InChI=1S/C28H25F3O3/c1-17(2)22-5-3-4-6-23(22)19-11-18(12-21(14-19)28(29,30)31)13-26(32)27(9-10-27)20-7-8-24-25(15-20)34-16-33-24/h3-8,11-12,14-15,17H,9-10,13,16H2,1-2H3. The fraction of sp³-hybridized carbons (Fsp3) is 0.321. The molecule has 1 aliphatic carbocycles. The first-order valence-electron chi connectivity index (χ1n) is 11.4. The third-order valence-electron chi connectivity index (χ3n) is 6.79. The molecular weight excluding hydrogens is 441 g/mol. The first-order chi connectivity index (χ1) is 16.2. The zero-order chi connectivity index (χ0) is 24.1. The molecule has 5 rings (SSSR count). The van der Waals surface area contributed by atoms with Crippen molar-refractivity contribution < 1.29 is 27.4 Å². The molecule has 3 aromatic rings. The maximum absolute atomic E-state index is 13.8. The molecule has 2 aliphatic rings. The van der Waals surface area contributed by atoms with E-state index in [9.17, 15) is 18.0 Å². The van der Waals surface area contributed by atoms with Crippen molar-refractivity contribution in [3.05, 3.63) is 82.9 Å². The Labute approximate surface area is 196 Å². The molecule has 34 heavy (non-hydrogen) atoms. The number of halogens is 3. The molecule has 1 saturated carbocycles. The molecule has 1 heterocycles. The highest BCUT2D eigenvalue weighted by atomic mass is 19.4. The van der Waals surface area contributed by atoms with Crippen molar-refractivity contribution in [2.24, 2.45) is 0 Å². The minimum atomic E-state index is -4.50. The maximum atomic E-state index is 13.8. The van der Waals surface area contributed by atoms with E-state index in [4.69, 9.17) is 9.47 Å². The van der Waals surface area contributed by atoms with Gasteiger partial charge in [-0.15, -0.1) is 0 Å². The number of carbonyl (C=O) groups is 1. The van der Waals surface area contributed by atoms with Gasteiger partial charge >= 0.3 is 6.18 Å². The van der Waals surface area contributed by atoms with Crippen molar-refractivity contribution in [1.29, 1.82) is 0 Å². The van der Waals surface area contributed by atoms with Gasteiger partial charge in [-0.05, 0) is 70.8 Å². The van der Waals surface area contributed by atoms with Gasteiger partial charge in [0, 0.05) is 6.42 Å². The minimum Gasteiger partial charge on any atom is -0.454 e. The number of ether oxygens (including phenoxy) is 2. The Morgan fingerprint density at radius 3 is 2.41 bits per heavy atom. The number of hydrogen-bond donors (Lipinski definition) is 0. The number of ketones is 1. The summed E-state index contributed by atoms with van der Waals surface area (Å²) in [4.78, 5) is 13.4. The zero-order valence-corrected chi connectivity index (χ0v) is 19.0. The van der Waals surface area contributed by atoms with Gasteiger partial charge in [-0.3, -0.25) is 4.79 Å². The largest absolute Gasteiger partial charge is 0.454 e. The summed E-state index contributed by atoms with van der Waals surface area (Å²) in [7, 11) is 0. The van der Waals surface area contributed by atoms with Gasteiger partial charge in [-0.1, -0.05) is 50.2 Å². The van der Waals surface area contributed by atoms with E-state index in [1.807, 2.05) is 50.2 Å². The number of benzene rings is 3. The summed E-state index contributed by atoms with van der Waals surface area (Å²) < 4.78 is 52.2. The number of rotatable bonds is 6. The number of Topliss-reactive ketones (excluding diaryl/α,β-unsaturated/α-hetero) is 1. The lowest BCUT2D eigenvalue weighted by Gasteiger charge is -2.18. The lowest BCUT2D eigenvalue weighted by atomic mass is 9.86. The van der Waals surface area contributed by atoms with Gasteiger partial charge in [0.15, 0.2) is 11.5 Å². The van der Waals surface area contributed by atoms with Crippen LogP contribution in [0.1, 0.15) is 54.9 Å². The monoisotopic (exact) mass is 466 g/mol. The van der Waals surface area contributed by atoms with Crippen LogP contribution in [0.25, 0.3) is 11.1 Å². The molecule has 1 aliphatic heterocycles. The predicted octanol–water partition coefficient (Wildman–Crippen LogP) is 7.07. The number of carbonyl (C=O) groups excluding carboxylic acids is 1. The third kappa shape index (κ3) is 4.06. The van der Waals surface area contributed by atoms with E-state index in [0.717, 1.165) is 22.8 Å². The van der Waals surface area contributed by atoms with E-state index in [1.165, 1.54) is 6.07 Å². The van der Waals surface area contributed by atoms with Gasteiger partial charge in [0.05, 0.1) is 11.0 Å². The summed E-state index contributed by atoms with van der Waals surface area (Å²) in [5.74, 6) is 1.31. The van der Waals surface area contributed by atoms with Gasteiger partial charge in [0.1, 0.15) is 5.78 Å². The molecule has 0 amide bonds. The highest BCUT2D eigenvalue weighted by Crippen LogP contribution is 2.51. The molecule has 0 unspecified atom stereocenters. The van der Waals surface area contributed by atoms with Crippen LogP contribution < -0.4 is 9.47 Å². The summed E-state index contributed by atoms with van der Waals surface area (Å²) in [5.41, 5.74) is 2.01. The summed E-state index contributed by atoms with van der Waals surface area (Å²) >= 11 is 0. The van der Waals surface area contributed by atoms with Crippen molar-refractivity contribution in [1.82, 2.24) is 0 Å². The molecule has 0 radical (unpaired) electrons. The van der Waals surface area contributed by atoms with Crippen LogP contribution in [0.2, 0.25) is 0 Å². The Kier molecular flexibility index (Phi) is 5.42. The fourth-order valence-electron chi connectivity index (χ4n) is 4.78. The molecule has 0 bridgehead atoms.